The van der Waals surface area contributed by atoms with Gasteiger partial charge in [-0.05, 0) is 26.7 Å². The predicted molar refractivity (Wildman–Crippen MR) is 92.6 cm³/mol. The third kappa shape index (κ3) is 2.85. The van der Waals surface area contributed by atoms with Crippen LogP contribution in [0.15, 0.2) is 4.52 Å². The lowest BCUT2D eigenvalue weighted by Crippen LogP contribution is -2.32. The highest BCUT2D eigenvalue weighted by atomic mass is 32.2. The van der Waals surface area contributed by atoms with Gasteiger partial charge in [-0.15, -0.1) is 0 Å². The van der Waals surface area contributed by atoms with Crippen LogP contribution in [0.2, 0.25) is 0 Å². The first-order valence-corrected chi connectivity index (χ1v) is 10.3. The van der Waals surface area contributed by atoms with E-state index in [1.807, 2.05) is 7.05 Å². The van der Waals surface area contributed by atoms with Crippen LogP contribution in [0.3, 0.4) is 0 Å². The van der Waals surface area contributed by atoms with Crippen molar-refractivity contribution in [2.45, 2.75) is 50.9 Å². The summed E-state index contributed by atoms with van der Waals surface area (Å²) in [5.41, 5.74) is 2.30. The molecule has 2 aromatic heterocycles. The molecule has 4 rings (SSSR count). The van der Waals surface area contributed by atoms with Crippen molar-refractivity contribution < 1.29 is 17.7 Å². The van der Waals surface area contributed by atoms with E-state index >= 15 is 0 Å². The number of sulfonamides is 1. The third-order valence-corrected chi connectivity index (χ3v) is 7.29. The molecule has 1 fully saturated rings. The zero-order chi connectivity index (χ0) is 18.5. The molecule has 142 valence electrons. The highest BCUT2D eigenvalue weighted by Crippen LogP contribution is 2.34. The van der Waals surface area contributed by atoms with Crippen molar-refractivity contribution in [1.82, 2.24) is 24.2 Å². The Hall–Kier alpha value is -1.78. The summed E-state index contributed by atoms with van der Waals surface area (Å²) >= 11 is 0. The van der Waals surface area contributed by atoms with Crippen molar-refractivity contribution in [2.75, 3.05) is 13.2 Å². The van der Waals surface area contributed by atoms with Gasteiger partial charge in [-0.3, -0.25) is 4.68 Å². The number of aromatic nitrogens is 4. The summed E-state index contributed by atoms with van der Waals surface area (Å²) in [5, 5.41) is 8.16. The molecular formula is C16H23N5O4S. The van der Waals surface area contributed by atoms with Crippen LogP contribution in [0.1, 0.15) is 49.7 Å². The fraction of sp³-hybridized carbons (Fsp3) is 0.688. The lowest BCUT2D eigenvalue weighted by molar-refractivity contribution is 0.0830. The SMILES string of the molecule is CC(C)S(=O)(=O)N1Cc2c(-c3nc(C4CCOCC4)no3)nn(C)c2C1. The zero-order valence-electron chi connectivity index (χ0n) is 15.2. The zero-order valence-corrected chi connectivity index (χ0v) is 16.0. The number of hydrogen-bond acceptors (Lipinski definition) is 7. The Morgan fingerprint density at radius 1 is 1.19 bits per heavy atom. The van der Waals surface area contributed by atoms with Gasteiger partial charge in [0.25, 0.3) is 5.89 Å². The Balaban J connectivity index is 1.63. The molecule has 0 spiro atoms. The van der Waals surface area contributed by atoms with Crippen molar-refractivity contribution in [3.05, 3.63) is 17.1 Å². The Morgan fingerprint density at radius 3 is 2.62 bits per heavy atom. The van der Waals surface area contributed by atoms with E-state index in [0.29, 0.717) is 37.2 Å². The van der Waals surface area contributed by atoms with Gasteiger partial charge in [-0.2, -0.15) is 14.4 Å². The summed E-state index contributed by atoms with van der Waals surface area (Å²) in [6.07, 6.45) is 1.75. The quantitative estimate of drug-likeness (QED) is 0.789. The maximum absolute atomic E-state index is 12.5. The van der Waals surface area contributed by atoms with Gasteiger partial charge in [0, 0.05) is 38.3 Å². The van der Waals surface area contributed by atoms with E-state index in [4.69, 9.17) is 9.26 Å². The first-order chi connectivity index (χ1) is 12.4. The van der Waals surface area contributed by atoms with E-state index in [9.17, 15) is 8.42 Å². The molecule has 10 heteroatoms. The lowest BCUT2D eigenvalue weighted by Gasteiger charge is -2.18. The molecule has 0 atom stereocenters. The molecule has 0 radical (unpaired) electrons. The molecule has 0 amide bonds. The minimum atomic E-state index is -3.33. The van der Waals surface area contributed by atoms with Gasteiger partial charge in [0.2, 0.25) is 10.0 Å². The number of aryl methyl sites for hydroxylation is 1. The van der Waals surface area contributed by atoms with Gasteiger partial charge in [0.05, 0.1) is 17.5 Å². The molecule has 0 N–H and O–H groups in total. The molecule has 2 aromatic rings. The summed E-state index contributed by atoms with van der Waals surface area (Å²) in [4.78, 5) is 4.54. The van der Waals surface area contributed by atoms with Crippen LogP contribution in [0, 0.1) is 0 Å². The first kappa shape index (κ1) is 17.6. The number of hydrogen-bond donors (Lipinski definition) is 0. The van der Waals surface area contributed by atoms with E-state index in [1.165, 1.54) is 4.31 Å². The minimum Gasteiger partial charge on any atom is -0.381 e. The number of fused-ring (bicyclic) bond motifs is 1. The summed E-state index contributed by atoms with van der Waals surface area (Å²) < 4.78 is 39.0. The molecule has 26 heavy (non-hydrogen) atoms. The topological polar surface area (TPSA) is 103 Å². The van der Waals surface area contributed by atoms with Crippen LogP contribution in [0.5, 0.6) is 0 Å². The van der Waals surface area contributed by atoms with Crippen LogP contribution in [0.25, 0.3) is 11.6 Å². The van der Waals surface area contributed by atoms with E-state index in [0.717, 1.165) is 24.1 Å². The van der Waals surface area contributed by atoms with Gasteiger partial charge in [-0.1, -0.05) is 5.16 Å². The smallest absolute Gasteiger partial charge is 0.278 e. The summed E-state index contributed by atoms with van der Waals surface area (Å²) in [7, 11) is -1.52. The molecule has 2 aliphatic heterocycles. The maximum Gasteiger partial charge on any atom is 0.278 e. The third-order valence-electron chi connectivity index (χ3n) is 5.12. The van der Waals surface area contributed by atoms with Crippen molar-refractivity contribution in [3.8, 4) is 11.6 Å². The Kier molecular flexibility index (Phi) is 4.36. The van der Waals surface area contributed by atoms with Gasteiger partial charge in [0.15, 0.2) is 11.5 Å². The van der Waals surface area contributed by atoms with Gasteiger partial charge >= 0.3 is 0 Å². The lowest BCUT2D eigenvalue weighted by atomic mass is 10.00. The molecule has 0 aromatic carbocycles. The molecule has 4 heterocycles. The normalized spacial score (nSPS) is 19.4. The number of ether oxygens (including phenoxy) is 1. The van der Waals surface area contributed by atoms with Gasteiger partial charge in [-0.25, -0.2) is 8.42 Å². The predicted octanol–water partition coefficient (Wildman–Crippen LogP) is 1.42. The summed E-state index contributed by atoms with van der Waals surface area (Å²) in [6, 6.07) is 0. The average Bonchev–Trinajstić information content (AvgIpc) is 3.32. The fourth-order valence-corrected chi connectivity index (χ4v) is 4.68. The molecule has 0 aliphatic carbocycles. The second-order valence-corrected chi connectivity index (χ2v) is 9.59. The molecule has 0 unspecified atom stereocenters. The Labute approximate surface area is 152 Å². The van der Waals surface area contributed by atoms with E-state index in [-0.39, 0.29) is 12.5 Å². The van der Waals surface area contributed by atoms with Crippen LogP contribution in [-0.2, 0) is 34.9 Å². The second-order valence-electron chi connectivity index (χ2n) is 7.10. The largest absolute Gasteiger partial charge is 0.381 e. The van der Waals surface area contributed by atoms with E-state index < -0.39 is 15.3 Å². The molecule has 2 aliphatic rings. The maximum atomic E-state index is 12.5. The van der Waals surface area contributed by atoms with Crippen LogP contribution < -0.4 is 0 Å². The summed E-state index contributed by atoms with van der Waals surface area (Å²) in [5.74, 6) is 1.26. The van der Waals surface area contributed by atoms with Crippen molar-refractivity contribution in [1.29, 1.82) is 0 Å². The standard InChI is InChI=1S/C16H23N5O4S/c1-10(2)26(22,23)21-8-12-13(9-21)20(3)18-14(12)16-17-15(19-25-16)11-4-6-24-7-5-11/h10-11H,4-9H2,1-3H3. The molecule has 9 nitrogen and oxygen atoms in total. The monoisotopic (exact) mass is 381 g/mol. The van der Waals surface area contributed by atoms with E-state index in [1.54, 1.807) is 18.5 Å². The second kappa shape index (κ2) is 6.43. The fourth-order valence-electron chi connectivity index (χ4n) is 3.47. The van der Waals surface area contributed by atoms with Crippen LogP contribution in [0.4, 0.5) is 0 Å². The molecule has 0 saturated carbocycles. The van der Waals surface area contributed by atoms with Crippen LogP contribution in [-0.4, -0.2) is 51.1 Å². The highest BCUT2D eigenvalue weighted by molar-refractivity contribution is 7.89. The van der Waals surface area contributed by atoms with Gasteiger partial charge in [0.1, 0.15) is 0 Å². The van der Waals surface area contributed by atoms with E-state index in [2.05, 4.69) is 15.2 Å². The molecule has 0 bridgehead atoms. The highest BCUT2D eigenvalue weighted by Gasteiger charge is 2.37. The number of rotatable bonds is 4. The Bertz CT molecular complexity index is 911. The van der Waals surface area contributed by atoms with Crippen molar-refractivity contribution in [3.63, 3.8) is 0 Å². The summed E-state index contributed by atoms with van der Waals surface area (Å²) in [6.45, 7) is 5.39. The van der Waals surface area contributed by atoms with Gasteiger partial charge < -0.3 is 9.26 Å². The van der Waals surface area contributed by atoms with Crippen LogP contribution >= 0.6 is 0 Å². The number of nitrogens with zero attached hydrogens (tertiary/aromatic N) is 5. The Morgan fingerprint density at radius 2 is 1.92 bits per heavy atom. The molecule has 1 saturated heterocycles. The average molecular weight is 381 g/mol. The molecular weight excluding hydrogens is 358 g/mol. The van der Waals surface area contributed by atoms with Crippen molar-refractivity contribution in [2.24, 2.45) is 7.05 Å². The van der Waals surface area contributed by atoms with Crippen molar-refractivity contribution >= 4 is 10.0 Å². The minimum absolute atomic E-state index is 0.232. The first-order valence-electron chi connectivity index (χ1n) is 8.83.